The number of aromatic nitrogens is 3. The lowest BCUT2D eigenvalue weighted by Crippen LogP contribution is -2.53. The van der Waals surface area contributed by atoms with Gasteiger partial charge in [-0.15, -0.1) is 0 Å². The summed E-state index contributed by atoms with van der Waals surface area (Å²) in [5.74, 6) is 0.636. The first-order chi connectivity index (χ1) is 13.1. The molecule has 4 rings (SSSR count). The lowest BCUT2D eigenvalue weighted by Gasteiger charge is -2.39. The van der Waals surface area contributed by atoms with Crippen LogP contribution in [0.1, 0.15) is 12.8 Å². The highest BCUT2D eigenvalue weighted by molar-refractivity contribution is 5.80. The Morgan fingerprint density at radius 1 is 1.19 bits per heavy atom. The van der Waals surface area contributed by atoms with Gasteiger partial charge in [0.05, 0.1) is 37.0 Å². The molecule has 1 aromatic carbocycles. The van der Waals surface area contributed by atoms with Gasteiger partial charge >= 0.3 is 0 Å². The van der Waals surface area contributed by atoms with E-state index in [2.05, 4.69) is 15.3 Å². The number of fused-ring (bicyclic) bond motifs is 1. The predicted molar refractivity (Wildman–Crippen MR) is 103 cm³/mol. The maximum Gasteiger partial charge on any atom is 0.242 e. The topological polar surface area (TPSA) is 83.3 Å². The van der Waals surface area contributed by atoms with Crippen molar-refractivity contribution in [3.05, 3.63) is 55.0 Å². The Bertz CT molecular complexity index is 926. The molecule has 0 aliphatic carbocycles. The fourth-order valence-corrected chi connectivity index (χ4v) is 3.65. The number of likely N-dealkylation sites (tertiary alicyclic amines) is 1. The number of para-hydroxylation sites is 2. The van der Waals surface area contributed by atoms with Gasteiger partial charge in [0, 0.05) is 12.7 Å². The normalized spacial score (nSPS) is 20.0. The number of amides is 1. The highest BCUT2D eigenvalue weighted by Gasteiger charge is 2.35. The largest absolute Gasteiger partial charge is 0.386 e. The van der Waals surface area contributed by atoms with Gasteiger partial charge in [0.1, 0.15) is 11.4 Å². The van der Waals surface area contributed by atoms with Crippen LogP contribution in [0.15, 0.2) is 55.0 Å². The van der Waals surface area contributed by atoms with E-state index in [9.17, 15) is 9.90 Å². The van der Waals surface area contributed by atoms with Crippen molar-refractivity contribution in [1.29, 1.82) is 0 Å². The van der Waals surface area contributed by atoms with E-state index in [-0.39, 0.29) is 12.5 Å². The summed E-state index contributed by atoms with van der Waals surface area (Å²) in [5, 5.41) is 14.2. The van der Waals surface area contributed by atoms with Crippen LogP contribution < -0.4 is 5.32 Å². The smallest absolute Gasteiger partial charge is 0.242 e. The molecule has 1 amide bonds. The third-order valence-corrected chi connectivity index (χ3v) is 4.99. The SMILES string of the molecule is O=C(CNc1ccccn1)N1CCCC(O)(Cn2cnc3ccccc32)C1. The van der Waals surface area contributed by atoms with Gasteiger partial charge in [0.15, 0.2) is 0 Å². The first kappa shape index (κ1) is 17.5. The molecule has 0 spiro atoms. The quantitative estimate of drug-likeness (QED) is 0.722. The van der Waals surface area contributed by atoms with Gasteiger partial charge in [-0.05, 0) is 37.1 Å². The second-order valence-corrected chi connectivity index (χ2v) is 7.07. The number of carbonyl (C=O) groups is 1. The number of carbonyl (C=O) groups excluding carboxylic acids is 1. The second-order valence-electron chi connectivity index (χ2n) is 7.07. The zero-order valence-electron chi connectivity index (χ0n) is 15.1. The summed E-state index contributed by atoms with van der Waals surface area (Å²) in [6.45, 7) is 1.57. The van der Waals surface area contributed by atoms with Crippen LogP contribution in [0.25, 0.3) is 11.0 Å². The van der Waals surface area contributed by atoms with E-state index in [0.717, 1.165) is 17.5 Å². The summed E-state index contributed by atoms with van der Waals surface area (Å²) in [6.07, 6.45) is 4.88. The van der Waals surface area contributed by atoms with Crippen LogP contribution in [0.5, 0.6) is 0 Å². The Balaban J connectivity index is 1.41. The standard InChI is InChI=1S/C20H23N5O2/c26-19(12-22-18-8-3-4-10-21-18)24-11-5-9-20(27,13-24)14-25-15-23-16-6-1-2-7-17(16)25/h1-4,6-8,10,15,27H,5,9,11-14H2,(H,21,22). The highest BCUT2D eigenvalue weighted by atomic mass is 16.3. The zero-order valence-corrected chi connectivity index (χ0v) is 15.1. The van der Waals surface area contributed by atoms with Crippen molar-refractivity contribution in [3.8, 4) is 0 Å². The average molecular weight is 365 g/mol. The van der Waals surface area contributed by atoms with Crippen molar-refractivity contribution in [1.82, 2.24) is 19.4 Å². The highest BCUT2D eigenvalue weighted by Crippen LogP contribution is 2.25. The van der Waals surface area contributed by atoms with Gasteiger partial charge < -0.3 is 19.9 Å². The van der Waals surface area contributed by atoms with E-state index < -0.39 is 5.60 Å². The number of β-amino-alcohol motifs (C(OH)–C–C–N with tert-alkyl or cyclic N) is 1. The lowest BCUT2D eigenvalue weighted by atomic mass is 9.92. The van der Waals surface area contributed by atoms with E-state index in [0.29, 0.717) is 31.9 Å². The number of hydrogen-bond donors (Lipinski definition) is 2. The van der Waals surface area contributed by atoms with Crippen molar-refractivity contribution >= 4 is 22.8 Å². The molecule has 3 aromatic rings. The Labute approximate surface area is 157 Å². The molecule has 140 valence electrons. The number of anilines is 1. The van der Waals surface area contributed by atoms with Gasteiger partial charge in [0.2, 0.25) is 5.91 Å². The number of nitrogens with zero attached hydrogens (tertiary/aromatic N) is 4. The molecule has 1 atom stereocenters. The predicted octanol–water partition coefficient (Wildman–Crippen LogP) is 1.90. The Kier molecular flexibility index (Phi) is 4.77. The van der Waals surface area contributed by atoms with E-state index in [1.54, 1.807) is 17.4 Å². The van der Waals surface area contributed by atoms with E-state index in [1.807, 2.05) is 47.0 Å². The number of aliphatic hydroxyl groups is 1. The number of rotatable bonds is 5. The van der Waals surface area contributed by atoms with Gasteiger partial charge in [-0.1, -0.05) is 18.2 Å². The molecule has 2 aromatic heterocycles. The van der Waals surface area contributed by atoms with Crippen LogP contribution in [0.3, 0.4) is 0 Å². The van der Waals surface area contributed by atoms with E-state index in [1.165, 1.54) is 0 Å². The zero-order chi connectivity index (χ0) is 18.7. The maximum absolute atomic E-state index is 12.6. The summed E-state index contributed by atoms with van der Waals surface area (Å²) >= 11 is 0. The Hall–Kier alpha value is -2.93. The fourth-order valence-electron chi connectivity index (χ4n) is 3.65. The monoisotopic (exact) mass is 365 g/mol. The van der Waals surface area contributed by atoms with Crippen LogP contribution in [-0.2, 0) is 11.3 Å². The summed E-state index contributed by atoms with van der Waals surface area (Å²) in [7, 11) is 0. The summed E-state index contributed by atoms with van der Waals surface area (Å²) in [5.41, 5.74) is 0.943. The number of pyridine rings is 1. The summed E-state index contributed by atoms with van der Waals surface area (Å²) < 4.78 is 1.97. The molecule has 3 heterocycles. The van der Waals surface area contributed by atoms with Gasteiger partial charge in [-0.3, -0.25) is 4.79 Å². The van der Waals surface area contributed by atoms with Gasteiger partial charge in [0.25, 0.3) is 0 Å². The minimum atomic E-state index is -0.956. The molecule has 0 saturated carbocycles. The molecule has 1 fully saturated rings. The maximum atomic E-state index is 12.6. The first-order valence-electron chi connectivity index (χ1n) is 9.18. The molecular formula is C20H23N5O2. The number of imidazole rings is 1. The molecule has 1 unspecified atom stereocenters. The molecule has 7 nitrogen and oxygen atoms in total. The lowest BCUT2D eigenvalue weighted by molar-refractivity contribution is -0.137. The number of benzene rings is 1. The van der Waals surface area contributed by atoms with E-state index in [4.69, 9.17) is 0 Å². The van der Waals surface area contributed by atoms with Crippen molar-refractivity contribution < 1.29 is 9.90 Å². The van der Waals surface area contributed by atoms with Crippen molar-refractivity contribution in [3.63, 3.8) is 0 Å². The summed E-state index contributed by atoms with van der Waals surface area (Å²) in [4.78, 5) is 22.9. The summed E-state index contributed by atoms with van der Waals surface area (Å²) in [6, 6.07) is 13.4. The average Bonchev–Trinajstić information content (AvgIpc) is 3.09. The van der Waals surface area contributed by atoms with Crippen LogP contribution in [0.2, 0.25) is 0 Å². The molecule has 7 heteroatoms. The third kappa shape index (κ3) is 3.93. The van der Waals surface area contributed by atoms with Crippen molar-refractivity contribution in [2.24, 2.45) is 0 Å². The van der Waals surface area contributed by atoms with Crippen LogP contribution in [-0.4, -0.2) is 55.7 Å². The van der Waals surface area contributed by atoms with Gasteiger partial charge in [-0.2, -0.15) is 0 Å². The van der Waals surface area contributed by atoms with Crippen LogP contribution >= 0.6 is 0 Å². The van der Waals surface area contributed by atoms with Crippen LogP contribution in [0, 0.1) is 0 Å². The minimum absolute atomic E-state index is 0.0331. The molecule has 1 aliphatic heterocycles. The molecule has 0 radical (unpaired) electrons. The Morgan fingerprint density at radius 3 is 2.89 bits per heavy atom. The number of nitrogens with one attached hydrogen (secondary N) is 1. The molecule has 1 aliphatic rings. The molecule has 0 bridgehead atoms. The fraction of sp³-hybridized carbons (Fsp3) is 0.350. The van der Waals surface area contributed by atoms with E-state index >= 15 is 0 Å². The van der Waals surface area contributed by atoms with Crippen molar-refractivity contribution in [2.75, 3.05) is 25.0 Å². The second kappa shape index (κ2) is 7.36. The van der Waals surface area contributed by atoms with Gasteiger partial charge in [-0.25, -0.2) is 9.97 Å². The number of hydrogen-bond acceptors (Lipinski definition) is 5. The molecular weight excluding hydrogens is 342 g/mol. The Morgan fingerprint density at radius 2 is 2.04 bits per heavy atom. The molecule has 27 heavy (non-hydrogen) atoms. The minimum Gasteiger partial charge on any atom is -0.386 e. The van der Waals surface area contributed by atoms with Crippen molar-refractivity contribution in [2.45, 2.75) is 25.0 Å². The first-order valence-corrected chi connectivity index (χ1v) is 9.18. The molecule has 2 N–H and O–H groups in total. The number of piperidine rings is 1. The molecule has 1 saturated heterocycles. The third-order valence-electron chi connectivity index (χ3n) is 4.99. The van der Waals surface area contributed by atoms with Crippen LogP contribution in [0.4, 0.5) is 5.82 Å².